The molecule has 1 aliphatic heterocycles. The number of hydrogen-bond donors (Lipinski definition) is 3. The molecule has 26 heavy (non-hydrogen) atoms. The lowest BCUT2D eigenvalue weighted by molar-refractivity contribution is -0.121. The van der Waals surface area contributed by atoms with Crippen LogP contribution in [0.5, 0.6) is 0 Å². The summed E-state index contributed by atoms with van der Waals surface area (Å²) >= 11 is 1.76. The zero-order chi connectivity index (χ0) is 19.0. The summed E-state index contributed by atoms with van der Waals surface area (Å²) in [6.45, 7) is 5.91. The number of amides is 1. The largest absolute Gasteiger partial charge is 0.357 e. The molecule has 1 amide bonds. The van der Waals surface area contributed by atoms with Gasteiger partial charge in [-0.15, -0.1) is 11.3 Å². The third kappa shape index (κ3) is 6.95. The molecule has 1 aromatic rings. The van der Waals surface area contributed by atoms with Crippen LogP contribution < -0.4 is 16.0 Å². The van der Waals surface area contributed by atoms with Crippen LogP contribution in [0.2, 0.25) is 0 Å². The zero-order valence-corrected chi connectivity index (χ0v) is 17.0. The van der Waals surface area contributed by atoms with Crippen molar-refractivity contribution < 1.29 is 13.2 Å². The predicted octanol–water partition coefficient (Wildman–Crippen LogP) is 1.06. The van der Waals surface area contributed by atoms with Gasteiger partial charge in [0.2, 0.25) is 5.91 Å². The number of carbonyl (C=O) groups excluding carboxylic acids is 1. The number of sulfone groups is 1. The van der Waals surface area contributed by atoms with Crippen molar-refractivity contribution in [3.63, 3.8) is 0 Å². The van der Waals surface area contributed by atoms with E-state index in [-0.39, 0.29) is 29.9 Å². The highest BCUT2D eigenvalue weighted by atomic mass is 32.2. The smallest absolute Gasteiger partial charge is 0.222 e. The minimum atomic E-state index is -2.97. The van der Waals surface area contributed by atoms with Gasteiger partial charge in [-0.1, -0.05) is 6.92 Å². The molecule has 0 spiro atoms. The Hall–Kier alpha value is -1.61. The second kappa shape index (κ2) is 9.91. The number of rotatable bonds is 8. The molecule has 2 rings (SSSR count). The highest BCUT2D eigenvalue weighted by molar-refractivity contribution is 7.91. The molecule has 0 bridgehead atoms. The summed E-state index contributed by atoms with van der Waals surface area (Å²) < 4.78 is 22.8. The molecule has 146 valence electrons. The summed E-state index contributed by atoms with van der Waals surface area (Å²) in [7, 11) is -2.97. The Morgan fingerprint density at radius 2 is 2.04 bits per heavy atom. The van der Waals surface area contributed by atoms with Crippen molar-refractivity contribution in [2.24, 2.45) is 4.99 Å². The van der Waals surface area contributed by atoms with Crippen LogP contribution in [0.15, 0.2) is 17.1 Å². The summed E-state index contributed by atoms with van der Waals surface area (Å²) in [5.41, 5.74) is 0. The lowest BCUT2D eigenvalue weighted by Gasteiger charge is -2.13. The summed E-state index contributed by atoms with van der Waals surface area (Å²) in [6, 6.07) is 3.98. The first-order valence-electron chi connectivity index (χ1n) is 9.01. The van der Waals surface area contributed by atoms with Gasteiger partial charge < -0.3 is 16.0 Å². The van der Waals surface area contributed by atoms with E-state index in [0.717, 1.165) is 13.0 Å². The number of carbonyl (C=O) groups is 1. The van der Waals surface area contributed by atoms with E-state index in [0.29, 0.717) is 25.5 Å². The molecule has 1 aromatic heterocycles. The molecule has 0 radical (unpaired) electrons. The molecule has 7 nitrogen and oxygen atoms in total. The van der Waals surface area contributed by atoms with E-state index < -0.39 is 9.84 Å². The van der Waals surface area contributed by atoms with E-state index in [4.69, 9.17) is 0 Å². The fourth-order valence-electron chi connectivity index (χ4n) is 2.70. The first-order valence-corrected chi connectivity index (χ1v) is 11.6. The molecular weight excluding hydrogens is 372 g/mol. The van der Waals surface area contributed by atoms with E-state index in [2.05, 4.69) is 40.0 Å². The number of nitrogens with zero attached hydrogens (tertiary/aromatic N) is 1. The first-order chi connectivity index (χ1) is 12.4. The summed E-state index contributed by atoms with van der Waals surface area (Å²) in [5.74, 6) is 0.753. The molecule has 1 unspecified atom stereocenters. The van der Waals surface area contributed by atoms with Crippen molar-refractivity contribution in [3.05, 3.63) is 21.9 Å². The number of guanidine groups is 1. The minimum Gasteiger partial charge on any atom is -0.357 e. The molecule has 1 fully saturated rings. The third-order valence-electron chi connectivity index (χ3n) is 4.05. The van der Waals surface area contributed by atoms with Crippen molar-refractivity contribution >= 4 is 33.0 Å². The third-order valence-corrected chi connectivity index (χ3v) is 7.03. The Morgan fingerprint density at radius 3 is 2.65 bits per heavy atom. The number of aliphatic imine (C=N–C) groups is 1. The van der Waals surface area contributed by atoms with E-state index in [1.54, 1.807) is 11.3 Å². The van der Waals surface area contributed by atoms with E-state index in [1.807, 2.05) is 6.92 Å². The average Bonchev–Trinajstić information content (AvgIpc) is 3.18. The van der Waals surface area contributed by atoms with Crippen molar-refractivity contribution in [2.75, 3.05) is 24.6 Å². The van der Waals surface area contributed by atoms with Gasteiger partial charge in [0.25, 0.3) is 0 Å². The van der Waals surface area contributed by atoms with Crippen molar-refractivity contribution in [1.29, 1.82) is 0 Å². The van der Waals surface area contributed by atoms with Crippen molar-refractivity contribution in [1.82, 2.24) is 16.0 Å². The summed E-state index contributed by atoms with van der Waals surface area (Å²) in [6.07, 6.45) is 1.82. The maximum absolute atomic E-state index is 12.0. The summed E-state index contributed by atoms with van der Waals surface area (Å²) in [4.78, 5) is 19.1. The molecule has 1 atom stereocenters. The molecule has 9 heteroatoms. The highest BCUT2D eigenvalue weighted by Crippen LogP contribution is 2.17. The van der Waals surface area contributed by atoms with Crippen LogP contribution in [0.4, 0.5) is 0 Å². The average molecular weight is 401 g/mol. The van der Waals surface area contributed by atoms with Crippen LogP contribution in [0.25, 0.3) is 0 Å². The maximum atomic E-state index is 12.0. The fourth-order valence-corrected chi connectivity index (χ4v) is 5.25. The number of aryl methyl sites for hydroxylation is 1. The standard InChI is InChI=1S/C17H28N4O3S2/c1-3-14-5-6-15(25-14)11-20-17(18-4-2)19-9-7-16(22)21-13-8-10-26(23,24)12-13/h5-6,13H,3-4,7-12H2,1-2H3,(H,21,22)(H2,18,19,20). The normalized spacial score (nSPS) is 19.3. The molecule has 1 aliphatic rings. The Morgan fingerprint density at radius 1 is 1.27 bits per heavy atom. The van der Waals surface area contributed by atoms with E-state index in [9.17, 15) is 13.2 Å². The van der Waals surface area contributed by atoms with Crippen LogP contribution in [-0.2, 0) is 27.6 Å². The zero-order valence-electron chi connectivity index (χ0n) is 15.4. The molecule has 1 saturated heterocycles. The Labute approximate surface area is 159 Å². The molecule has 2 heterocycles. The molecule has 0 saturated carbocycles. The van der Waals surface area contributed by atoms with Gasteiger partial charge in [0.15, 0.2) is 15.8 Å². The van der Waals surface area contributed by atoms with Gasteiger partial charge >= 0.3 is 0 Å². The van der Waals surface area contributed by atoms with Crippen molar-refractivity contribution in [2.45, 2.75) is 45.7 Å². The minimum absolute atomic E-state index is 0.0524. The van der Waals surface area contributed by atoms with Crippen LogP contribution in [0, 0.1) is 0 Å². The Kier molecular flexibility index (Phi) is 7.89. The second-order valence-electron chi connectivity index (χ2n) is 6.26. The molecule has 0 aliphatic carbocycles. The van der Waals surface area contributed by atoms with Gasteiger partial charge in [-0.2, -0.15) is 0 Å². The van der Waals surface area contributed by atoms with Gasteiger partial charge in [-0.25, -0.2) is 13.4 Å². The fraction of sp³-hybridized carbons (Fsp3) is 0.647. The molecule has 0 aromatic carbocycles. The van der Waals surface area contributed by atoms with Gasteiger partial charge in [0.05, 0.1) is 18.1 Å². The van der Waals surface area contributed by atoms with Crippen LogP contribution in [-0.4, -0.2) is 50.9 Å². The highest BCUT2D eigenvalue weighted by Gasteiger charge is 2.28. The van der Waals surface area contributed by atoms with Crippen molar-refractivity contribution in [3.8, 4) is 0 Å². The monoisotopic (exact) mass is 400 g/mol. The van der Waals surface area contributed by atoms with Gasteiger partial charge in [-0.3, -0.25) is 4.79 Å². The van der Waals surface area contributed by atoms with Crippen LogP contribution in [0.1, 0.15) is 36.4 Å². The lowest BCUT2D eigenvalue weighted by atomic mass is 10.2. The second-order valence-corrected chi connectivity index (χ2v) is 9.74. The topological polar surface area (TPSA) is 99.7 Å². The van der Waals surface area contributed by atoms with Crippen LogP contribution >= 0.6 is 11.3 Å². The van der Waals surface area contributed by atoms with Gasteiger partial charge in [0, 0.05) is 35.3 Å². The number of hydrogen-bond acceptors (Lipinski definition) is 5. The number of nitrogens with one attached hydrogen (secondary N) is 3. The van der Waals surface area contributed by atoms with Gasteiger partial charge in [-0.05, 0) is 31.9 Å². The van der Waals surface area contributed by atoms with E-state index >= 15 is 0 Å². The molecule has 3 N–H and O–H groups in total. The molecular formula is C17H28N4O3S2. The predicted molar refractivity (Wildman–Crippen MR) is 106 cm³/mol. The van der Waals surface area contributed by atoms with E-state index in [1.165, 1.54) is 9.75 Å². The summed E-state index contributed by atoms with van der Waals surface area (Å²) in [5, 5.41) is 9.10. The number of thiophene rings is 1. The van der Waals surface area contributed by atoms with Crippen LogP contribution in [0.3, 0.4) is 0 Å². The first kappa shape index (κ1) is 20.7. The SMILES string of the molecule is CCNC(=NCc1ccc(CC)s1)NCCC(=O)NC1CCS(=O)(=O)C1. The van der Waals surface area contributed by atoms with Gasteiger partial charge in [0.1, 0.15) is 0 Å². The Balaban J connectivity index is 1.75. The lowest BCUT2D eigenvalue weighted by Crippen LogP contribution is -2.41. The Bertz CT molecular complexity index is 728. The quantitative estimate of drug-likeness (QED) is 0.448. The maximum Gasteiger partial charge on any atom is 0.222 e.